The first-order valence-corrected chi connectivity index (χ1v) is 24.9. The molecule has 1 aliphatic carbocycles. The number of benzene rings is 2. The molecule has 4 atom stereocenters. The van der Waals surface area contributed by atoms with Gasteiger partial charge in [0.05, 0.1) is 60.4 Å². The number of carbonyl (C=O) groups is 4. The molecule has 1 saturated carbocycles. The van der Waals surface area contributed by atoms with Crippen LogP contribution in [0.25, 0.3) is 10.4 Å². The number of nitrogens with zero attached hydrogens (tertiary/aromatic N) is 6. The number of thiazole rings is 1. The van der Waals surface area contributed by atoms with Crippen LogP contribution in [0.3, 0.4) is 0 Å². The third-order valence-electron chi connectivity index (χ3n) is 12.5. The minimum atomic E-state index is -2.03. The highest BCUT2D eigenvalue weighted by Gasteiger charge is 2.54. The number of aliphatic hydroxyl groups is 1. The lowest BCUT2D eigenvalue weighted by molar-refractivity contribution is -0.143. The second-order valence-electron chi connectivity index (χ2n) is 17.8. The van der Waals surface area contributed by atoms with Gasteiger partial charge in [0.15, 0.2) is 5.67 Å². The van der Waals surface area contributed by atoms with Gasteiger partial charge in [-0.1, -0.05) is 35.9 Å². The molecule has 3 fully saturated rings. The maximum atomic E-state index is 15.1. The van der Waals surface area contributed by atoms with Crippen LogP contribution >= 0.6 is 34.7 Å². The number of rotatable bonds is 20. The van der Waals surface area contributed by atoms with Crippen LogP contribution in [0.2, 0.25) is 5.02 Å². The summed E-state index contributed by atoms with van der Waals surface area (Å²) < 4.78 is 25.7. The molecular formula is C47H60ClFN10O7S2. The normalized spacial score (nSPS) is 19.0. The summed E-state index contributed by atoms with van der Waals surface area (Å²) in [6.45, 7) is 11.2. The lowest BCUT2D eigenvalue weighted by Gasteiger charge is -2.37. The number of hydrogen-bond donors (Lipinski definition) is 5. The van der Waals surface area contributed by atoms with E-state index in [1.807, 2.05) is 43.0 Å². The quantitative estimate of drug-likeness (QED) is 0.0698. The minimum absolute atomic E-state index is 0.0244. The number of likely N-dealkylation sites (tertiary alicyclic amines) is 1. The molecule has 5 N–H and O–H groups in total. The molecule has 0 spiro atoms. The average molecular weight is 996 g/mol. The summed E-state index contributed by atoms with van der Waals surface area (Å²) in [6.07, 6.45) is 0.704. The Hall–Kier alpha value is -5.12. The van der Waals surface area contributed by atoms with E-state index in [1.165, 1.54) is 30.0 Å². The van der Waals surface area contributed by atoms with E-state index >= 15 is 4.39 Å². The van der Waals surface area contributed by atoms with Gasteiger partial charge < -0.3 is 45.6 Å². The van der Waals surface area contributed by atoms with Crippen LogP contribution in [-0.4, -0.2) is 159 Å². The van der Waals surface area contributed by atoms with Crippen LogP contribution in [0.15, 0.2) is 54.2 Å². The van der Waals surface area contributed by atoms with E-state index in [0.717, 1.165) is 21.7 Å². The van der Waals surface area contributed by atoms with Crippen molar-refractivity contribution in [2.45, 2.75) is 81.6 Å². The lowest BCUT2D eigenvalue weighted by Crippen LogP contribution is -2.61. The Morgan fingerprint density at radius 2 is 1.79 bits per heavy atom. The van der Waals surface area contributed by atoms with Crippen molar-refractivity contribution in [3.8, 4) is 16.2 Å². The smallest absolute Gasteiger partial charge is 0.258 e. The number of amides is 4. The molecule has 2 aromatic carbocycles. The topological polar surface area (TPSA) is 203 Å². The summed E-state index contributed by atoms with van der Waals surface area (Å²) >= 11 is 9.07. The molecule has 0 radical (unpaired) electrons. The summed E-state index contributed by atoms with van der Waals surface area (Å²) in [7, 11) is 3.24. The molecule has 68 heavy (non-hydrogen) atoms. The number of thioether (sulfide) groups is 1. The van der Waals surface area contributed by atoms with Crippen molar-refractivity contribution in [1.29, 1.82) is 0 Å². The number of hydrogen-bond acceptors (Lipinski definition) is 15. The first kappa shape index (κ1) is 50.7. The molecule has 4 amide bonds. The summed E-state index contributed by atoms with van der Waals surface area (Å²) in [4.78, 5) is 74.3. The van der Waals surface area contributed by atoms with Gasteiger partial charge in [-0.2, -0.15) is 16.7 Å². The molecule has 21 heteroatoms. The second-order valence-corrected chi connectivity index (χ2v) is 20.8. The highest BCUT2D eigenvalue weighted by Crippen LogP contribution is 2.41. The van der Waals surface area contributed by atoms with Crippen LogP contribution in [0.4, 0.5) is 21.8 Å². The number of alkyl halides is 1. The van der Waals surface area contributed by atoms with Crippen LogP contribution in [0.1, 0.15) is 67.7 Å². The number of β-amino-alcohol motifs (C(OH)–C–C–N with tert-alkyl or cyclic N) is 1. The number of ether oxygens (including phenoxy) is 2. The molecule has 1 unspecified atom stereocenters. The zero-order valence-electron chi connectivity index (χ0n) is 39.1. The number of anilines is 3. The SMILES string of the molecule is CNc1nc(Nc2ccc(C(=O)N3CCN(CCOCCSC(C)(C)C(NC(=O)C4(F)CC4)C(=O)N4C[C@H](O)C[C@H]4C(=O)N[C@@H](C)c4ccc(-c5scnc5C)cc4)CC3)cc2OC)ncc1Cl. The predicted molar refractivity (Wildman–Crippen MR) is 263 cm³/mol. The largest absolute Gasteiger partial charge is 0.495 e. The van der Waals surface area contributed by atoms with E-state index < -0.39 is 52.4 Å². The third kappa shape index (κ3) is 12.2. The molecule has 2 aromatic heterocycles. The number of aryl methyl sites for hydroxylation is 1. The first-order valence-electron chi connectivity index (χ1n) is 22.7. The fourth-order valence-electron chi connectivity index (χ4n) is 8.25. The highest BCUT2D eigenvalue weighted by molar-refractivity contribution is 8.00. The Morgan fingerprint density at radius 1 is 1.06 bits per heavy atom. The van der Waals surface area contributed by atoms with Crippen molar-refractivity contribution in [3.05, 3.63) is 76.0 Å². The Kier molecular flexibility index (Phi) is 16.5. The van der Waals surface area contributed by atoms with Gasteiger partial charge in [-0.25, -0.2) is 14.4 Å². The summed E-state index contributed by atoms with van der Waals surface area (Å²) in [6, 6.07) is 10.4. The Balaban J connectivity index is 0.877. The fourth-order valence-corrected chi connectivity index (χ4v) is 10.3. The van der Waals surface area contributed by atoms with Crippen molar-refractivity contribution >= 4 is 75.8 Å². The Bertz CT molecular complexity index is 2440. The van der Waals surface area contributed by atoms with Crippen molar-refractivity contribution in [3.63, 3.8) is 0 Å². The van der Waals surface area contributed by atoms with E-state index in [0.29, 0.717) is 85.5 Å². The standard InChI is InChI=1S/C47H60ClFN10O7S2/c1-28(30-7-9-31(10-8-30)38-29(2)52-27-67-38)53-41(61)36-24-33(60)26-59(36)43(63)39(55-44(64)47(49)13-14-47)46(3,4)68-22-21-66-20-19-57-15-17-58(18-16-57)42(62)32-11-12-35(37(23-32)65-6)54-45-51-25-34(48)40(50-5)56-45/h7-12,23,25,27-28,33,36,39,60H,13-22,24,26H2,1-6H3,(H,53,61)(H,55,64)(H2,50,51,54,56)/t28-,33+,36-,39?/m0/s1. The summed E-state index contributed by atoms with van der Waals surface area (Å²) in [5.74, 6) is -0.241. The van der Waals surface area contributed by atoms with Gasteiger partial charge in [-0.05, 0) is 69.9 Å². The van der Waals surface area contributed by atoms with Crippen LogP contribution < -0.4 is 26.0 Å². The number of nitrogens with one attached hydrogen (secondary N) is 4. The molecule has 4 aromatic rings. The van der Waals surface area contributed by atoms with E-state index in [2.05, 4.69) is 41.1 Å². The molecule has 4 heterocycles. The molecule has 7 rings (SSSR count). The minimum Gasteiger partial charge on any atom is -0.495 e. The third-order valence-corrected chi connectivity index (χ3v) is 15.1. The lowest BCUT2D eigenvalue weighted by atomic mass is 10.00. The van der Waals surface area contributed by atoms with Crippen LogP contribution in [0.5, 0.6) is 5.75 Å². The van der Waals surface area contributed by atoms with Crippen LogP contribution in [-0.2, 0) is 19.1 Å². The number of methoxy groups -OCH3 is 1. The summed E-state index contributed by atoms with van der Waals surface area (Å²) in [5.41, 5.74) is 3.69. The Labute approximate surface area is 409 Å². The van der Waals surface area contributed by atoms with E-state index in [1.54, 1.807) is 55.9 Å². The number of piperazine rings is 1. The molecule has 0 bridgehead atoms. The van der Waals surface area contributed by atoms with Crippen LogP contribution in [0, 0.1) is 6.92 Å². The zero-order chi connectivity index (χ0) is 48.8. The maximum absolute atomic E-state index is 15.1. The second kappa shape index (κ2) is 22.1. The van der Waals surface area contributed by atoms with Crippen molar-refractivity contribution < 1.29 is 38.1 Å². The molecule has 366 valence electrons. The maximum Gasteiger partial charge on any atom is 0.258 e. The van der Waals surface area contributed by atoms with Gasteiger partial charge in [0.1, 0.15) is 28.7 Å². The number of aromatic nitrogens is 3. The number of carbonyl (C=O) groups excluding carboxylic acids is 4. The average Bonchev–Trinajstić information content (AvgIpc) is 3.74. The van der Waals surface area contributed by atoms with Gasteiger partial charge in [-0.3, -0.25) is 24.1 Å². The van der Waals surface area contributed by atoms with Gasteiger partial charge in [0.25, 0.3) is 11.8 Å². The molecule has 2 saturated heterocycles. The number of halogens is 2. The monoisotopic (exact) mass is 994 g/mol. The van der Waals surface area contributed by atoms with Gasteiger partial charge in [-0.15, -0.1) is 11.3 Å². The van der Waals surface area contributed by atoms with Crippen molar-refractivity contribution in [2.24, 2.45) is 0 Å². The number of aliphatic hydroxyl groups excluding tert-OH is 1. The molecule has 17 nitrogen and oxygen atoms in total. The van der Waals surface area contributed by atoms with Gasteiger partial charge >= 0.3 is 0 Å². The van der Waals surface area contributed by atoms with Gasteiger partial charge in [0, 0.05) is 68.8 Å². The highest BCUT2D eigenvalue weighted by atomic mass is 35.5. The Morgan fingerprint density at radius 3 is 2.46 bits per heavy atom. The molecule has 3 aliphatic rings. The van der Waals surface area contributed by atoms with E-state index in [-0.39, 0.29) is 31.7 Å². The zero-order valence-corrected chi connectivity index (χ0v) is 41.5. The molecular weight excluding hydrogens is 935 g/mol. The summed E-state index contributed by atoms with van der Waals surface area (Å²) in [5, 5.41) is 22.9. The van der Waals surface area contributed by atoms with Crippen molar-refractivity contribution in [2.75, 3.05) is 83.0 Å². The predicted octanol–water partition coefficient (Wildman–Crippen LogP) is 5.47. The first-order chi connectivity index (χ1) is 32.5. The van der Waals surface area contributed by atoms with E-state index in [9.17, 15) is 24.3 Å². The fraction of sp³-hybridized carbons (Fsp3) is 0.511. The van der Waals surface area contributed by atoms with E-state index in [4.69, 9.17) is 21.1 Å². The van der Waals surface area contributed by atoms with Gasteiger partial charge in [0.2, 0.25) is 17.8 Å². The van der Waals surface area contributed by atoms with Crippen molar-refractivity contribution in [1.82, 2.24) is 40.3 Å². The molecule has 2 aliphatic heterocycles.